The van der Waals surface area contributed by atoms with Gasteiger partial charge >= 0.3 is 6.09 Å². The highest BCUT2D eigenvalue weighted by molar-refractivity contribution is 5.67. The minimum absolute atomic E-state index is 0.163. The molecule has 0 bridgehead atoms. The van der Waals surface area contributed by atoms with Gasteiger partial charge in [-0.25, -0.2) is 4.79 Å². The topological polar surface area (TPSA) is 49.8 Å². The van der Waals surface area contributed by atoms with Gasteiger partial charge in [-0.2, -0.15) is 0 Å². The number of hydrogen-bond donors (Lipinski definition) is 1. The number of aliphatic hydroxyl groups is 1. The number of benzene rings is 1. The zero-order valence-corrected chi connectivity index (χ0v) is 10.8. The largest absolute Gasteiger partial charge is 0.445 e. The van der Waals surface area contributed by atoms with Crippen LogP contribution in [0.15, 0.2) is 30.3 Å². The van der Waals surface area contributed by atoms with Gasteiger partial charge in [-0.05, 0) is 25.3 Å². The summed E-state index contributed by atoms with van der Waals surface area (Å²) in [6.07, 6.45) is 1.21. The molecular formula is C14H21NO3. The van der Waals surface area contributed by atoms with E-state index in [0.29, 0.717) is 26.1 Å². The third-order valence-electron chi connectivity index (χ3n) is 2.68. The molecule has 0 fully saturated rings. The van der Waals surface area contributed by atoms with Crippen molar-refractivity contribution in [3.63, 3.8) is 0 Å². The first kappa shape index (κ1) is 14.5. The van der Waals surface area contributed by atoms with Crippen LogP contribution in [-0.4, -0.2) is 35.8 Å². The van der Waals surface area contributed by atoms with E-state index in [1.165, 1.54) is 0 Å². The second kappa shape index (κ2) is 8.53. The van der Waals surface area contributed by atoms with Gasteiger partial charge in [0.25, 0.3) is 0 Å². The van der Waals surface area contributed by atoms with Crippen molar-refractivity contribution in [1.82, 2.24) is 4.90 Å². The molecule has 0 heterocycles. The van der Waals surface area contributed by atoms with Crippen molar-refractivity contribution in [2.24, 2.45) is 0 Å². The summed E-state index contributed by atoms with van der Waals surface area (Å²) in [7, 11) is 0. The summed E-state index contributed by atoms with van der Waals surface area (Å²) in [6, 6.07) is 9.62. The van der Waals surface area contributed by atoms with Crippen LogP contribution >= 0.6 is 0 Å². The average molecular weight is 251 g/mol. The van der Waals surface area contributed by atoms with Gasteiger partial charge in [0.2, 0.25) is 0 Å². The highest BCUT2D eigenvalue weighted by atomic mass is 16.6. The molecule has 1 aromatic carbocycles. The SMILES string of the molecule is CCN(CCCCO)C(=O)OCc1ccccc1. The molecule has 0 aliphatic heterocycles. The number of rotatable bonds is 7. The lowest BCUT2D eigenvalue weighted by molar-refractivity contribution is 0.0967. The Morgan fingerprint density at radius 2 is 2.00 bits per heavy atom. The Bertz CT molecular complexity index is 340. The predicted octanol–water partition coefficient (Wildman–Crippen LogP) is 2.42. The average Bonchev–Trinajstić information content (AvgIpc) is 2.42. The minimum Gasteiger partial charge on any atom is -0.445 e. The second-order valence-electron chi connectivity index (χ2n) is 4.05. The highest BCUT2D eigenvalue weighted by Gasteiger charge is 2.12. The number of carbonyl (C=O) groups is 1. The fourth-order valence-electron chi connectivity index (χ4n) is 1.60. The number of amides is 1. The van der Waals surface area contributed by atoms with Crippen molar-refractivity contribution >= 4 is 6.09 Å². The van der Waals surface area contributed by atoms with Crippen LogP contribution in [0.2, 0.25) is 0 Å². The smallest absolute Gasteiger partial charge is 0.410 e. The molecule has 0 atom stereocenters. The quantitative estimate of drug-likeness (QED) is 0.757. The Kier molecular flexibility index (Phi) is 6.87. The van der Waals surface area contributed by atoms with Crippen molar-refractivity contribution in [2.45, 2.75) is 26.4 Å². The molecule has 4 heteroatoms. The first-order valence-corrected chi connectivity index (χ1v) is 6.34. The molecular weight excluding hydrogens is 230 g/mol. The molecule has 1 rings (SSSR count). The molecule has 4 nitrogen and oxygen atoms in total. The summed E-state index contributed by atoms with van der Waals surface area (Å²) in [5, 5.41) is 8.71. The van der Waals surface area contributed by atoms with Crippen molar-refractivity contribution in [2.75, 3.05) is 19.7 Å². The number of ether oxygens (including phenoxy) is 1. The van der Waals surface area contributed by atoms with Gasteiger partial charge in [0.05, 0.1) is 0 Å². The first-order valence-electron chi connectivity index (χ1n) is 6.34. The van der Waals surface area contributed by atoms with E-state index in [2.05, 4.69) is 0 Å². The molecule has 1 aromatic rings. The van der Waals surface area contributed by atoms with Crippen molar-refractivity contribution < 1.29 is 14.6 Å². The lowest BCUT2D eigenvalue weighted by Gasteiger charge is -2.20. The van der Waals surface area contributed by atoms with Gasteiger partial charge in [-0.1, -0.05) is 30.3 Å². The van der Waals surface area contributed by atoms with Crippen LogP contribution in [0.25, 0.3) is 0 Å². The third kappa shape index (κ3) is 5.19. The maximum atomic E-state index is 11.8. The summed E-state index contributed by atoms with van der Waals surface area (Å²) in [5.74, 6) is 0. The summed E-state index contributed by atoms with van der Waals surface area (Å²) < 4.78 is 5.24. The van der Waals surface area contributed by atoms with Crippen molar-refractivity contribution in [1.29, 1.82) is 0 Å². The van der Waals surface area contributed by atoms with E-state index in [9.17, 15) is 4.79 Å². The molecule has 1 amide bonds. The fourth-order valence-corrected chi connectivity index (χ4v) is 1.60. The van der Waals surface area contributed by atoms with Crippen LogP contribution in [-0.2, 0) is 11.3 Å². The van der Waals surface area contributed by atoms with Gasteiger partial charge in [0, 0.05) is 19.7 Å². The van der Waals surface area contributed by atoms with E-state index in [-0.39, 0.29) is 12.7 Å². The molecule has 100 valence electrons. The zero-order chi connectivity index (χ0) is 13.2. The summed E-state index contributed by atoms with van der Waals surface area (Å²) in [5.41, 5.74) is 0.984. The molecule has 0 radical (unpaired) electrons. The number of hydrogen-bond acceptors (Lipinski definition) is 3. The van der Waals surface area contributed by atoms with Crippen LogP contribution in [0.1, 0.15) is 25.3 Å². The van der Waals surface area contributed by atoms with Gasteiger partial charge < -0.3 is 14.7 Å². The standard InChI is InChI=1S/C14H21NO3/c1-2-15(10-6-7-11-16)14(17)18-12-13-8-4-3-5-9-13/h3-5,8-9,16H,2,6-7,10-12H2,1H3. The van der Waals surface area contributed by atoms with E-state index < -0.39 is 0 Å². The van der Waals surface area contributed by atoms with E-state index in [0.717, 1.165) is 12.0 Å². The Morgan fingerprint density at radius 3 is 2.61 bits per heavy atom. The summed E-state index contributed by atoms with van der Waals surface area (Å²) in [4.78, 5) is 13.4. The van der Waals surface area contributed by atoms with Crippen LogP contribution in [0.4, 0.5) is 4.79 Å². The number of carbonyl (C=O) groups excluding carboxylic acids is 1. The first-order chi connectivity index (χ1) is 8.77. The van der Waals surface area contributed by atoms with Gasteiger partial charge in [-0.15, -0.1) is 0 Å². The normalized spacial score (nSPS) is 10.1. The van der Waals surface area contributed by atoms with Crippen LogP contribution in [0.5, 0.6) is 0 Å². The van der Waals surface area contributed by atoms with E-state index in [4.69, 9.17) is 9.84 Å². The van der Waals surface area contributed by atoms with Crippen molar-refractivity contribution in [3.05, 3.63) is 35.9 Å². The molecule has 0 aliphatic carbocycles. The highest BCUT2D eigenvalue weighted by Crippen LogP contribution is 2.04. The molecule has 0 unspecified atom stereocenters. The Balaban J connectivity index is 2.33. The molecule has 0 spiro atoms. The Labute approximate surface area is 108 Å². The van der Waals surface area contributed by atoms with E-state index in [1.807, 2.05) is 37.3 Å². The lowest BCUT2D eigenvalue weighted by atomic mass is 10.2. The molecule has 18 heavy (non-hydrogen) atoms. The maximum Gasteiger partial charge on any atom is 0.410 e. The summed E-state index contributed by atoms with van der Waals surface area (Å²) in [6.45, 7) is 3.64. The predicted molar refractivity (Wildman–Crippen MR) is 70.2 cm³/mol. The monoisotopic (exact) mass is 251 g/mol. The molecule has 0 aliphatic rings. The second-order valence-corrected chi connectivity index (χ2v) is 4.05. The van der Waals surface area contributed by atoms with Crippen molar-refractivity contribution in [3.8, 4) is 0 Å². The van der Waals surface area contributed by atoms with E-state index >= 15 is 0 Å². The molecule has 1 N–H and O–H groups in total. The maximum absolute atomic E-state index is 11.8. The third-order valence-corrected chi connectivity index (χ3v) is 2.68. The van der Waals surface area contributed by atoms with Gasteiger partial charge in [0.15, 0.2) is 0 Å². The van der Waals surface area contributed by atoms with Crippen LogP contribution < -0.4 is 0 Å². The minimum atomic E-state index is -0.292. The number of unbranched alkanes of at least 4 members (excludes halogenated alkanes) is 1. The fraction of sp³-hybridized carbons (Fsp3) is 0.500. The zero-order valence-electron chi connectivity index (χ0n) is 10.8. The Morgan fingerprint density at radius 1 is 1.28 bits per heavy atom. The van der Waals surface area contributed by atoms with Gasteiger partial charge in [-0.3, -0.25) is 0 Å². The Hall–Kier alpha value is -1.55. The van der Waals surface area contributed by atoms with E-state index in [1.54, 1.807) is 4.90 Å². The van der Waals surface area contributed by atoms with Crippen LogP contribution in [0, 0.1) is 0 Å². The molecule has 0 aromatic heterocycles. The van der Waals surface area contributed by atoms with Crippen LogP contribution in [0.3, 0.4) is 0 Å². The molecule has 0 saturated carbocycles. The molecule has 0 saturated heterocycles. The number of aliphatic hydroxyl groups excluding tert-OH is 1. The summed E-state index contributed by atoms with van der Waals surface area (Å²) >= 11 is 0. The number of nitrogens with zero attached hydrogens (tertiary/aromatic N) is 1. The lowest BCUT2D eigenvalue weighted by Crippen LogP contribution is -2.32. The van der Waals surface area contributed by atoms with Gasteiger partial charge in [0.1, 0.15) is 6.61 Å².